The predicted molar refractivity (Wildman–Crippen MR) is 50.8 cm³/mol. The average Bonchev–Trinajstić information content (AvgIpc) is 2.17. The number of rotatable bonds is 1. The molecule has 0 amide bonds. The van der Waals surface area contributed by atoms with Crippen LogP contribution in [0.15, 0.2) is 30.3 Å². The lowest BCUT2D eigenvalue weighted by Gasteiger charge is -2.03. The summed E-state index contributed by atoms with van der Waals surface area (Å²) in [7, 11) is 0. The van der Waals surface area contributed by atoms with Crippen molar-refractivity contribution in [2.75, 3.05) is 0 Å². The minimum atomic E-state index is -1.40. The predicted octanol–water partition coefficient (Wildman–Crippen LogP) is 2.82. The molecule has 4 heteroatoms. The minimum Gasteiger partial charge on any atom is -0.478 e. The zero-order valence-corrected chi connectivity index (χ0v) is 7.50. The van der Waals surface area contributed by atoms with Gasteiger partial charge in [0.15, 0.2) is 0 Å². The molecular weight excluding hydrogens is 202 g/mol. The van der Waals surface area contributed by atoms with Gasteiger partial charge in [0.2, 0.25) is 0 Å². The second kappa shape index (κ2) is 3.31. The first kappa shape index (κ1) is 9.58. The fraction of sp³-hybridized carbons (Fsp3) is 0. The number of fused-ring (bicyclic) bond motifs is 1. The molecule has 0 bridgehead atoms. The molecule has 0 heterocycles. The second-order valence-corrected chi connectivity index (χ2v) is 3.07. The normalized spacial score (nSPS) is 10.5. The van der Waals surface area contributed by atoms with E-state index in [9.17, 15) is 13.6 Å². The molecule has 2 nitrogen and oxygen atoms in total. The van der Waals surface area contributed by atoms with Crippen molar-refractivity contribution in [3.05, 3.63) is 47.5 Å². The first-order chi connectivity index (χ1) is 7.11. The van der Waals surface area contributed by atoms with Gasteiger partial charge in [-0.25, -0.2) is 13.6 Å². The van der Waals surface area contributed by atoms with Crippen LogP contribution in [0, 0.1) is 11.6 Å². The van der Waals surface area contributed by atoms with Gasteiger partial charge in [-0.2, -0.15) is 0 Å². The van der Waals surface area contributed by atoms with Gasteiger partial charge in [0.05, 0.1) is 10.9 Å². The maximum atomic E-state index is 13.6. The summed E-state index contributed by atoms with van der Waals surface area (Å²) in [5.74, 6) is -3.19. The maximum absolute atomic E-state index is 13.6. The van der Waals surface area contributed by atoms with E-state index in [0.717, 1.165) is 12.1 Å². The molecule has 0 aliphatic rings. The van der Waals surface area contributed by atoms with Crippen molar-refractivity contribution in [2.24, 2.45) is 0 Å². The van der Waals surface area contributed by atoms with E-state index in [1.165, 1.54) is 18.2 Å². The van der Waals surface area contributed by atoms with Crippen molar-refractivity contribution in [2.45, 2.75) is 0 Å². The van der Waals surface area contributed by atoms with Crippen molar-refractivity contribution < 1.29 is 18.7 Å². The lowest BCUT2D eigenvalue weighted by atomic mass is 10.1. The molecule has 1 N–H and O–H groups in total. The Morgan fingerprint density at radius 3 is 2.53 bits per heavy atom. The molecule has 0 unspecified atom stereocenters. The van der Waals surface area contributed by atoms with Crippen molar-refractivity contribution in [1.29, 1.82) is 0 Å². The quantitative estimate of drug-likeness (QED) is 0.782. The van der Waals surface area contributed by atoms with Gasteiger partial charge in [-0.05, 0) is 17.5 Å². The van der Waals surface area contributed by atoms with Crippen LogP contribution >= 0.6 is 0 Å². The monoisotopic (exact) mass is 208 g/mol. The van der Waals surface area contributed by atoms with Crippen LogP contribution in [0.25, 0.3) is 10.8 Å². The van der Waals surface area contributed by atoms with E-state index in [4.69, 9.17) is 5.11 Å². The molecule has 15 heavy (non-hydrogen) atoms. The van der Waals surface area contributed by atoms with Gasteiger partial charge in [-0.3, -0.25) is 0 Å². The lowest BCUT2D eigenvalue weighted by Crippen LogP contribution is -2.01. The summed E-state index contributed by atoms with van der Waals surface area (Å²) < 4.78 is 26.8. The third-order valence-electron chi connectivity index (χ3n) is 2.16. The summed E-state index contributed by atoms with van der Waals surface area (Å²) in [6.07, 6.45) is 0. The van der Waals surface area contributed by atoms with Crippen LogP contribution < -0.4 is 0 Å². The Hall–Kier alpha value is -1.97. The highest BCUT2D eigenvalue weighted by Gasteiger charge is 2.15. The topological polar surface area (TPSA) is 37.3 Å². The standard InChI is InChI=1S/C11H6F2O2/c12-8-3-1-2-6-4-5-7(11(14)15)10(13)9(6)8/h1-5H,(H,14,15). The second-order valence-electron chi connectivity index (χ2n) is 3.07. The molecule has 0 aliphatic heterocycles. The van der Waals surface area contributed by atoms with Crippen molar-refractivity contribution in [3.63, 3.8) is 0 Å². The smallest absolute Gasteiger partial charge is 0.338 e. The number of hydrogen-bond acceptors (Lipinski definition) is 1. The number of carboxylic acid groups (broad SMARTS) is 1. The highest BCUT2D eigenvalue weighted by atomic mass is 19.1. The summed E-state index contributed by atoms with van der Waals surface area (Å²) in [4.78, 5) is 10.6. The summed E-state index contributed by atoms with van der Waals surface area (Å²) >= 11 is 0. The minimum absolute atomic E-state index is 0.280. The Morgan fingerprint density at radius 2 is 1.87 bits per heavy atom. The fourth-order valence-electron chi connectivity index (χ4n) is 1.46. The summed E-state index contributed by atoms with van der Waals surface area (Å²) in [5.41, 5.74) is -0.521. The molecule has 0 radical (unpaired) electrons. The van der Waals surface area contributed by atoms with Gasteiger partial charge in [0.25, 0.3) is 0 Å². The third-order valence-corrected chi connectivity index (χ3v) is 2.16. The number of halogens is 2. The van der Waals surface area contributed by atoms with Crippen LogP contribution in [0.5, 0.6) is 0 Å². The zero-order valence-electron chi connectivity index (χ0n) is 7.50. The lowest BCUT2D eigenvalue weighted by molar-refractivity contribution is 0.0692. The fourth-order valence-corrected chi connectivity index (χ4v) is 1.46. The van der Waals surface area contributed by atoms with Crippen LogP contribution in [0.1, 0.15) is 10.4 Å². The molecule has 0 saturated carbocycles. The SMILES string of the molecule is O=C(O)c1ccc2cccc(F)c2c1F. The third kappa shape index (κ3) is 1.44. The van der Waals surface area contributed by atoms with Gasteiger partial charge >= 0.3 is 5.97 Å². The van der Waals surface area contributed by atoms with E-state index in [0.29, 0.717) is 5.39 Å². The van der Waals surface area contributed by atoms with Crippen LogP contribution in [0.3, 0.4) is 0 Å². The number of carbonyl (C=O) groups is 1. The summed E-state index contributed by atoms with van der Waals surface area (Å²) in [5, 5.41) is 8.72. The first-order valence-electron chi connectivity index (χ1n) is 4.21. The molecule has 2 rings (SSSR count). The highest BCUT2D eigenvalue weighted by molar-refractivity contribution is 5.95. The number of benzene rings is 2. The van der Waals surface area contributed by atoms with Crippen molar-refractivity contribution >= 4 is 16.7 Å². The summed E-state index contributed by atoms with van der Waals surface area (Å²) in [6, 6.07) is 6.56. The Morgan fingerprint density at radius 1 is 1.13 bits per heavy atom. The van der Waals surface area contributed by atoms with Gasteiger partial charge in [-0.1, -0.05) is 18.2 Å². The number of hydrogen-bond donors (Lipinski definition) is 1. The Kier molecular flexibility index (Phi) is 2.11. The van der Waals surface area contributed by atoms with Gasteiger partial charge in [0, 0.05) is 0 Å². The molecule has 2 aromatic carbocycles. The largest absolute Gasteiger partial charge is 0.478 e. The van der Waals surface area contributed by atoms with Crippen LogP contribution in [-0.4, -0.2) is 11.1 Å². The van der Waals surface area contributed by atoms with Crippen LogP contribution in [0.4, 0.5) is 8.78 Å². The van der Waals surface area contributed by atoms with Crippen molar-refractivity contribution in [1.82, 2.24) is 0 Å². The van der Waals surface area contributed by atoms with E-state index < -0.39 is 23.2 Å². The van der Waals surface area contributed by atoms with E-state index >= 15 is 0 Å². The molecule has 0 aromatic heterocycles. The highest BCUT2D eigenvalue weighted by Crippen LogP contribution is 2.23. The molecule has 0 fully saturated rings. The molecular formula is C11H6F2O2. The van der Waals surface area contributed by atoms with Gasteiger partial charge < -0.3 is 5.11 Å². The molecule has 0 spiro atoms. The molecule has 0 aliphatic carbocycles. The van der Waals surface area contributed by atoms with E-state index in [1.54, 1.807) is 0 Å². The van der Waals surface area contributed by atoms with Gasteiger partial charge in [-0.15, -0.1) is 0 Å². The van der Waals surface area contributed by atoms with E-state index in [1.807, 2.05) is 0 Å². The maximum Gasteiger partial charge on any atom is 0.338 e. The van der Waals surface area contributed by atoms with E-state index in [-0.39, 0.29) is 5.39 Å². The molecule has 2 aromatic rings. The van der Waals surface area contributed by atoms with Crippen LogP contribution in [0.2, 0.25) is 0 Å². The van der Waals surface area contributed by atoms with Crippen LogP contribution in [-0.2, 0) is 0 Å². The van der Waals surface area contributed by atoms with Gasteiger partial charge in [0.1, 0.15) is 11.6 Å². The Bertz CT molecular complexity index is 550. The van der Waals surface area contributed by atoms with E-state index in [2.05, 4.69) is 0 Å². The molecule has 0 saturated heterocycles. The van der Waals surface area contributed by atoms with Crippen molar-refractivity contribution in [3.8, 4) is 0 Å². The Balaban J connectivity index is 2.89. The average molecular weight is 208 g/mol. The first-order valence-corrected chi connectivity index (χ1v) is 4.21. The Labute approximate surface area is 83.8 Å². The zero-order chi connectivity index (χ0) is 11.0. The number of aromatic carboxylic acids is 1. The molecule has 76 valence electrons. The summed E-state index contributed by atoms with van der Waals surface area (Å²) in [6.45, 7) is 0. The molecule has 0 atom stereocenters. The number of carboxylic acids is 1.